The summed E-state index contributed by atoms with van der Waals surface area (Å²) in [6.45, 7) is 3.76. The second-order valence-corrected chi connectivity index (χ2v) is 4.00. The van der Waals surface area contributed by atoms with E-state index in [4.69, 9.17) is 5.26 Å². The number of aryl methyl sites for hydroxylation is 1. The Kier molecular flexibility index (Phi) is 3.32. The average molecular weight is 217 g/mol. The van der Waals surface area contributed by atoms with Crippen LogP contribution >= 0.6 is 0 Å². The quantitative estimate of drug-likeness (QED) is 0.784. The number of rotatable bonds is 3. The fourth-order valence-electron chi connectivity index (χ4n) is 1.85. The smallest absolute Gasteiger partial charge is 0.224 e. The van der Waals surface area contributed by atoms with Crippen LogP contribution in [0.5, 0.6) is 0 Å². The van der Waals surface area contributed by atoms with Crippen molar-refractivity contribution < 1.29 is 0 Å². The summed E-state index contributed by atoms with van der Waals surface area (Å²) in [5.41, 5.74) is 1.22. The van der Waals surface area contributed by atoms with Crippen LogP contribution in [0.2, 0.25) is 0 Å². The molecule has 1 aromatic rings. The van der Waals surface area contributed by atoms with Crippen LogP contribution in [0.3, 0.4) is 0 Å². The van der Waals surface area contributed by atoms with Gasteiger partial charge >= 0.3 is 0 Å². The van der Waals surface area contributed by atoms with Gasteiger partial charge in [-0.15, -0.1) is 0 Å². The van der Waals surface area contributed by atoms with E-state index in [0.717, 1.165) is 18.8 Å². The summed E-state index contributed by atoms with van der Waals surface area (Å²) in [5, 5.41) is 15.3. The predicted molar refractivity (Wildman–Crippen MR) is 61.0 cm³/mol. The van der Waals surface area contributed by atoms with Crippen LogP contribution in [0.1, 0.15) is 24.2 Å². The van der Waals surface area contributed by atoms with Gasteiger partial charge in [0, 0.05) is 18.3 Å². The second kappa shape index (κ2) is 4.90. The summed E-state index contributed by atoms with van der Waals surface area (Å²) < 4.78 is 0. The molecule has 0 bridgehead atoms. The number of nitrogens with zero attached hydrogens (tertiary/aromatic N) is 3. The highest BCUT2D eigenvalue weighted by Gasteiger charge is 2.13. The fraction of sp³-hybridized carbons (Fsp3) is 0.545. The van der Waals surface area contributed by atoms with Crippen LogP contribution < -0.4 is 10.6 Å². The third-order valence-electron chi connectivity index (χ3n) is 2.64. The van der Waals surface area contributed by atoms with Crippen molar-refractivity contribution in [1.29, 1.82) is 5.26 Å². The van der Waals surface area contributed by atoms with Gasteiger partial charge in [-0.3, -0.25) is 0 Å². The van der Waals surface area contributed by atoms with E-state index in [1.165, 1.54) is 12.8 Å². The predicted octanol–water partition coefficient (Wildman–Crippen LogP) is 0.821. The Bertz CT molecular complexity index is 403. The van der Waals surface area contributed by atoms with Crippen molar-refractivity contribution in [2.24, 2.45) is 0 Å². The summed E-state index contributed by atoms with van der Waals surface area (Å²) in [7, 11) is 0. The number of hydrogen-bond donors (Lipinski definition) is 2. The van der Waals surface area contributed by atoms with Crippen LogP contribution in [0.4, 0.5) is 5.95 Å². The molecule has 0 saturated carbocycles. The highest BCUT2D eigenvalue weighted by molar-refractivity contribution is 5.33. The molecule has 0 amide bonds. The molecule has 1 atom stereocenters. The van der Waals surface area contributed by atoms with Gasteiger partial charge in [-0.05, 0) is 32.4 Å². The third kappa shape index (κ3) is 2.67. The van der Waals surface area contributed by atoms with E-state index >= 15 is 0 Å². The molecule has 5 heteroatoms. The SMILES string of the molecule is Cc1cc(C#N)nc(NCC2CCCN2)n1. The van der Waals surface area contributed by atoms with Crippen LogP contribution in [0.25, 0.3) is 0 Å². The highest BCUT2D eigenvalue weighted by Crippen LogP contribution is 2.07. The monoisotopic (exact) mass is 217 g/mol. The van der Waals surface area contributed by atoms with E-state index in [1.807, 2.05) is 13.0 Å². The summed E-state index contributed by atoms with van der Waals surface area (Å²) in [4.78, 5) is 8.34. The molecule has 16 heavy (non-hydrogen) atoms. The topological polar surface area (TPSA) is 73.6 Å². The lowest BCUT2D eigenvalue weighted by Crippen LogP contribution is -2.29. The van der Waals surface area contributed by atoms with Gasteiger partial charge in [0.05, 0.1) is 0 Å². The molecule has 0 spiro atoms. The van der Waals surface area contributed by atoms with Gasteiger partial charge in [0.15, 0.2) is 0 Å². The third-order valence-corrected chi connectivity index (χ3v) is 2.64. The maximum Gasteiger partial charge on any atom is 0.224 e. The van der Waals surface area contributed by atoms with E-state index in [9.17, 15) is 0 Å². The number of aromatic nitrogens is 2. The van der Waals surface area contributed by atoms with Gasteiger partial charge in [0.2, 0.25) is 5.95 Å². The van der Waals surface area contributed by atoms with Crippen molar-refractivity contribution in [3.05, 3.63) is 17.5 Å². The standard InChI is InChI=1S/C11H15N5/c1-8-5-10(6-12)16-11(15-8)14-7-9-3-2-4-13-9/h5,9,13H,2-4,7H2,1H3,(H,14,15,16). The molecule has 0 aromatic carbocycles. The first-order valence-corrected chi connectivity index (χ1v) is 5.51. The van der Waals surface area contributed by atoms with Crippen molar-refractivity contribution in [3.63, 3.8) is 0 Å². The Hall–Kier alpha value is -1.67. The minimum absolute atomic E-state index is 0.411. The first kappa shape index (κ1) is 10.8. The van der Waals surface area contributed by atoms with E-state index in [0.29, 0.717) is 17.7 Å². The molecule has 2 heterocycles. The van der Waals surface area contributed by atoms with Crippen LogP contribution in [0, 0.1) is 18.3 Å². The molecule has 1 aliphatic heterocycles. The number of nitrogens with one attached hydrogen (secondary N) is 2. The minimum Gasteiger partial charge on any atom is -0.353 e. The largest absolute Gasteiger partial charge is 0.353 e. The highest BCUT2D eigenvalue weighted by atomic mass is 15.1. The van der Waals surface area contributed by atoms with E-state index < -0.39 is 0 Å². The first-order valence-electron chi connectivity index (χ1n) is 5.51. The molecule has 2 N–H and O–H groups in total. The van der Waals surface area contributed by atoms with Crippen molar-refractivity contribution in [2.75, 3.05) is 18.4 Å². The van der Waals surface area contributed by atoms with Crippen molar-refractivity contribution in [2.45, 2.75) is 25.8 Å². The Morgan fingerprint density at radius 2 is 2.50 bits per heavy atom. The molecule has 2 rings (SSSR count). The summed E-state index contributed by atoms with van der Waals surface area (Å²) in [5.74, 6) is 0.547. The zero-order valence-electron chi connectivity index (χ0n) is 9.32. The zero-order valence-corrected chi connectivity index (χ0v) is 9.32. The van der Waals surface area contributed by atoms with Gasteiger partial charge < -0.3 is 10.6 Å². The van der Waals surface area contributed by atoms with Crippen molar-refractivity contribution in [1.82, 2.24) is 15.3 Å². The lowest BCUT2D eigenvalue weighted by atomic mass is 10.2. The van der Waals surface area contributed by atoms with E-state index in [-0.39, 0.29) is 0 Å². The van der Waals surface area contributed by atoms with Gasteiger partial charge in [-0.2, -0.15) is 5.26 Å². The normalized spacial score (nSPS) is 19.4. The Balaban J connectivity index is 1.98. The van der Waals surface area contributed by atoms with Crippen LogP contribution in [0.15, 0.2) is 6.07 Å². The summed E-state index contributed by atoms with van der Waals surface area (Å²) in [6, 6.07) is 4.20. The Labute approximate surface area is 94.9 Å². The van der Waals surface area contributed by atoms with Gasteiger partial charge in [-0.1, -0.05) is 0 Å². The molecule has 1 unspecified atom stereocenters. The van der Waals surface area contributed by atoms with Crippen molar-refractivity contribution in [3.8, 4) is 6.07 Å². The second-order valence-electron chi connectivity index (χ2n) is 4.00. The molecule has 5 nitrogen and oxygen atoms in total. The molecule has 1 saturated heterocycles. The lowest BCUT2D eigenvalue weighted by molar-refractivity contribution is 0.631. The summed E-state index contributed by atoms with van der Waals surface area (Å²) >= 11 is 0. The molecule has 84 valence electrons. The first-order chi connectivity index (χ1) is 7.78. The molecular weight excluding hydrogens is 202 g/mol. The van der Waals surface area contributed by atoms with Crippen LogP contribution in [-0.2, 0) is 0 Å². The summed E-state index contributed by atoms with van der Waals surface area (Å²) in [6.07, 6.45) is 2.41. The van der Waals surface area contributed by atoms with Gasteiger partial charge in [0.25, 0.3) is 0 Å². The molecule has 0 radical (unpaired) electrons. The Morgan fingerprint density at radius 1 is 1.62 bits per heavy atom. The van der Waals surface area contributed by atoms with Gasteiger partial charge in [-0.25, -0.2) is 9.97 Å². The zero-order chi connectivity index (χ0) is 11.4. The number of hydrogen-bond acceptors (Lipinski definition) is 5. The fourth-order valence-corrected chi connectivity index (χ4v) is 1.85. The maximum absolute atomic E-state index is 8.79. The van der Waals surface area contributed by atoms with Gasteiger partial charge in [0.1, 0.15) is 11.8 Å². The number of nitriles is 1. The minimum atomic E-state index is 0.411. The number of anilines is 1. The van der Waals surface area contributed by atoms with Crippen LogP contribution in [-0.4, -0.2) is 29.1 Å². The lowest BCUT2D eigenvalue weighted by Gasteiger charge is -2.11. The molecule has 0 aliphatic carbocycles. The molecule has 1 aromatic heterocycles. The Morgan fingerprint density at radius 3 is 3.19 bits per heavy atom. The molecule has 1 fully saturated rings. The maximum atomic E-state index is 8.79. The molecule has 1 aliphatic rings. The van der Waals surface area contributed by atoms with E-state index in [2.05, 4.69) is 20.6 Å². The average Bonchev–Trinajstić information content (AvgIpc) is 2.78. The molecular formula is C11H15N5. The van der Waals surface area contributed by atoms with Crippen molar-refractivity contribution >= 4 is 5.95 Å². The van der Waals surface area contributed by atoms with E-state index in [1.54, 1.807) is 6.07 Å².